The van der Waals surface area contributed by atoms with Crippen LogP contribution in [-0.2, 0) is 19.8 Å². The van der Waals surface area contributed by atoms with Gasteiger partial charge in [0, 0.05) is 31.6 Å². The summed E-state index contributed by atoms with van der Waals surface area (Å²) in [6, 6.07) is 9.94. The van der Waals surface area contributed by atoms with E-state index >= 15 is 0 Å². The maximum atomic E-state index is 13.9. The van der Waals surface area contributed by atoms with Gasteiger partial charge < -0.3 is 11.1 Å². The zero-order chi connectivity index (χ0) is 27.9. The number of carbonyl (C=O) groups is 1. The lowest BCUT2D eigenvalue weighted by Gasteiger charge is -2.34. The Morgan fingerprint density at radius 1 is 1.18 bits per heavy atom. The Kier molecular flexibility index (Phi) is 7.41. The minimum atomic E-state index is -4.63. The molecule has 1 atom stereocenters. The number of amides is 1. The smallest absolute Gasteiger partial charge is 0.397 e. The lowest BCUT2D eigenvalue weighted by molar-refractivity contribution is -0.136. The van der Waals surface area contributed by atoms with Crippen LogP contribution in [0.4, 0.5) is 24.5 Å². The fourth-order valence-electron chi connectivity index (χ4n) is 5.72. The summed E-state index contributed by atoms with van der Waals surface area (Å²) in [6.07, 6.45) is -0.729. The average Bonchev–Trinajstić information content (AvgIpc) is 3.17. The molecule has 3 N–H and O–H groups in total. The monoisotopic (exact) mass is 540 g/mol. The first kappa shape index (κ1) is 27.2. The number of likely N-dealkylation sites (tertiary alicyclic amines) is 1. The highest BCUT2D eigenvalue weighted by atomic mass is 19.4. The molecule has 1 aromatic heterocycles. The molecule has 2 aliphatic rings. The van der Waals surface area contributed by atoms with Gasteiger partial charge in [-0.1, -0.05) is 19.1 Å². The molecule has 0 bridgehead atoms. The highest BCUT2D eigenvalue weighted by molar-refractivity contribution is 6.06. The van der Waals surface area contributed by atoms with Crippen LogP contribution in [0.25, 0.3) is 0 Å². The Morgan fingerprint density at radius 3 is 2.62 bits per heavy atom. The van der Waals surface area contributed by atoms with Gasteiger partial charge in [-0.2, -0.15) is 18.3 Å². The molecule has 2 heterocycles. The highest BCUT2D eigenvalue weighted by Crippen LogP contribution is 2.46. The average molecular weight is 541 g/mol. The van der Waals surface area contributed by atoms with Crippen molar-refractivity contribution in [2.45, 2.75) is 64.1 Å². The number of halogens is 3. The predicted molar refractivity (Wildman–Crippen MR) is 144 cm³/mol. The summed E-state index contributed by atoms with van der Waals surface area (Å²) in [6.45, 7) is 6.11. The van der Waals surface area contributed by atoms with Crippen molar-refractivity contribution in [1.29, 1.82) is 0 Å². The Labute approximate surface area is 226 Å². The molecule has 1 saturated heterocycles. The molecule has 0 spiro atoms. The van der Waals surface area contributed by atoms with E-state index in [2.05, 4.69) is 27.2 Å². The van der Waals surface area contributed by atoms with Gasteiger partial charge in [0.15, 0.2) is 5.82 Å². The standard InChI is InChI=1S/C29H35F3N6O/c1-17-6-5-9-38(15-17)16-19-10-24(29(30,31)32)26(33)25(11-19)35-28(39)21-8-4-7-20(12-21)22-13-23(14-22)27-34-18(2)37(3)36-27/h4,7-8,10-12,17,22-23H,5-6,9,13-16,33H2,1-3H3,(H,35,39)/t17-,22?,23?/m0/s1. The van der Waals surface area contributed by atoms with Crippen LogP contribution in [0.3, 0.4) is 0 Å². The normalized spacial score (nSPS) is 21.9. The molecule has 1 saturated carbocycles. The lowest BCUT2D eigenvalue weighted by Crippen LogP contribution is -2.33. The maximum Gasteiger partial charge on any atom is 0.418 e. The van der Waals surface area contributed by atoms with Crippen molar-refractivity contribution < 1.29 is 18.0 Å². The summed E-state index contributed by atoms with van der Waals surface area (Å²) in [7, 11) is 1.87. The van der Waals surface area contributed by atoms with Gasteiger partial charge in [-0.25, -0.2) is 4.98 Å². The summed E-state index contributed by atoms with van der Waals surface area (Å²) >= 11 is 0. The van der Waals surface area contributed by atoms with E-state index in [0.717, 1.165) is 62.1 Å². The third-order valence-electron chi connectivity index (χ3n) is 8.06. The highest BCUT2D eigenvalue weighted by Gasteiger charge is 2.36. The number of aromatic nitrogens is 3. The number of alkyl halides is 3. The van der Waals surface area contributed by atoms with Crippen molar-refractivity contribution in [3.05, 3.63) is 70.3 Å². The number of benzene rings is 2. The molecule has 10 heteroatoms. The number of anilines is 2. The van der Waals surface area contributed by atoms with Crippen LogP contribution >= 0.6 is 0 Å². The Hall–Kier alpha value is -3.40. The van der Waals surface area contributed by atoms with Crippen LogP contribution in [0, 0.1) is 12.8 Å². The quantitative estimate of drug-likeness (QED) is 0.382. The molecule has 7 nitrogen and oxygen atoms in total. The first-order chi connectivity index (χ1) is 18.5. The summed E-state index contributed by atoms with van der Waals surface area (Å²) in [5, 5.41) is 7.15. The van der Waals surface area contributed by atoms with E-state index in [-0.39, 0.29) is 17.5 Å². The zero-order valence-electron chi connectivity index (χ0n) is 22.6. The fraction of sp³-hybridized carbons (Fsp3) is 0.483. The SMILES string of the molecule is Cc1nc(C2CC(c3cccc(C(=O)Nc4cc(CN5CCC[C@H](C)C5)cc(C(F)(F)F)c4N)c3)C2)nn1C. The second kappa shape index (κ2) is 10.6. The number of hydrogen-bond acceptors (Lipinski definition) is 5. The molecule has 39 heavy (non-hydrogen) atoms. The minimum absolute atomic E-state index is 0.0133. The molecule has 1 amide bonds. The van der Waals surface area contributed by atoms with E-state index in [0.29, 0.717) is 23.6 Å². The van der Waals surface area contributed by atoms with Crippen molar-refractivity contribution in [1.82, 2.24) is 19.7 Å². The number of nitrogens with two attached hydrogens (primary N) is 1. The number of piperidine rings is 1. The number of aryl methyl sites for hydroxylation is 2. The van der Waals surface area contributed by atoms with Crippen LogP contribution in [0.2, 0.25) is 0 Å². The van der Waals surface area contributed by atoms with Crippen molar-refractivity contribution in [3.8, 4) is 0 Å². The summed E-state index contributed by atoms with van der Waals surface area (Å²) in [5.74, 6) is 2.27. The molecule has 1 aliphatic heterocycles. The molecule has 3 aromatic rings. The van der Waals surface area contributed by atoms with Crippen molar-refractivity contribution >= 4 is 17.3 Å². The Balaban J connectivity index is 1.32. The second-order valence-electron chi connectivity index (χ2n) is 11.2. The Morgan fingerprint density at radius 2 is 1.95 bits per heavy atom. The summed E-state index contributed by atoms with van der Waals surface area (Å²) < 4.78 is 43.3. The van der Waals surface area contributed by atoms with Gasteiger partial charge in [-0.3, -0.25) is 14.4 Å². The molecule has 5 rings (SSSR count). The minimum Gasteiger partial charge on any atom is -0.397 e. The first-order valence-corrected chi connectivity index (χ1v) is 13.5. The molecule has 0 unspecified atom stereocenters. The number of rotatable bonds is 6. The topological polar surface area (TPSA) is 89.1 Å². The van der Waals surface area contributed by atoms with Crippen molar-refractivity contribution in [2.75, 3.05) is 24.1 Å². The maximum absolute atomic E-state index is 13.9. The molecular weight excluding hydrogens is 505 g/mol. The third-order valence-corrected chi connectivity index (χ3v) is 8.06. The van der Waals surface area contributed by atoms with Gasteiger partial charge in [0.05, 0.1) is 16.9 Å². The number of carbonyl (C=O) groups excluding carboxylic acids is 1. The van der Waals surface area contributed by atoms with Gasteiger partial charge in [0.2, 0.25) is 0 Å². The molecule has 2 fully saturated rings. The van der Waals surface area contributed by atoms with E-state index in [1.54, 1.807) is 22.9 Å². The van der Waals surface area contributed by atoms with E-state index < -0.39 is 23.3 Å². The van der Waals surface area contributed by atoms with E-state index in [1.807, 2.05) is 26.1 Å². The summed E-state index contributed by atoms with van der Waals surface area (Å²) in [5.41, 5.74) is 6.42. The fourth-order valence-corrected chi connectivity index (χ4v) is 5.72. The first-order valence-electron chi connectivity index (χ1n) is 13.5. The molecule has 208 valence electrons. The molecule has 1 aliphatic carbocycles. The molecular formula is C29H35F3N6O. The number of nitrogens with one attached hydrogen (secondary N) is 1. The number of nitrogens with zero attached hydrogens (tertiary/aromatic N) is 4. The number of hydrogen-bond donors (Lipinski definition) is 2. The van der Waals surface area contributed by atoms with Gasteiger partial charge >= 0.3 is 6.18 Å². The van der Waals surface area contributed by atoms with Crippen LogP contribution < -0.4 is 11.1 Å². The van der Waals surface area contributed by atoms with Gasteiger partial charge in [-0.15, -0.1) is 0 Å². The lowest BCUT2D eigenvalue weighted by atomic mass is 9.71. The molecule has 0 radical (unpaired) electrons. The van der Waals surface area contributed by atoms with Crippen LogP contribution in [0.15, 0.2) is 36.4 Å². The van der Waals surface area contributed by atoms with Crippen LogP contribution in [0.1, 0.15) is 83.1 Å². The van der Waals surface area contributed by atoms with Gasteiger partial charge in [-0.05, 0) is 86.4 Å². The largest absolute Gasteiger partial charge is 0.418 e. The zero-order valence-corrected chi connectivity index (χ0v) is 22.6. The third kappa shape index (κ3) is 5.95. The predicted octanol–water partition coefficient (Wildman–Crippen LogP) is 5.87. The Bertz CT molecular complexity index is 1340. The second-order valence-corrected chi connectivity index (χ2v) is 11.2. The van der Waals surface area contributed by atoms with Crippen LogP contribution in [-0.4, -0.2) is 38.7 Å². The van der Waals surface area contributed by atoms with Crippen molar-refractivity contribution in [2.24, 2.45) is 13.0 Å². The number of nitrogen functional groups attached to an aromatic ring is 1. The van der Waals surface area contributed by atoms with Gasteiger partial charge in [0.25, 0.3) is 5.91 Å². The van der Waals surface area contributed by atoms with Gasteiger partial charge in [0.1, 0.15) is 5.82 Å². The van der Waals surface area contributed by atoms with E-state index in [9.17, 15) is 18.0 Å². The van der Waals surface area contributed by atoms with E-state index in [4.69, 9.17) is 5.73 Å². The molecule has 2 aromatic carbocycles. The van der Waals surface area contributed by atoms with Crippen LogP contribution in [0.5, 0.6) is 0 Å². The summed E-state index contributed by atoms with van der Waals surface area (Å²) in [4.78, 5) is 19.9. The van der Waals surface area contributed by atoms with Crippen molar-refractivity contribution in [3.63, 3.8) is 0 Å². The van der Waals surface area contributed by atoms with E-state index in [1.165, 1.54) is 0 Å².